The van der Waals surface area contributed by atoms with Gasteiger partial charge in [-0.2, -0.15) is 10.5 Å². The average molecular weight is 451 g/mol. The molecule has 0 unspecified atom stereocenters. The number of nitrogens with two attached hydrogens (primary N) is 1. The van der Waals surface area contributed by atoms with Crippen molar-refractivity contribution >= 4 is 21.7 Å². The first-order valence-electron chi connectivity index (χ1n) is 8.40. The molecule has 0 atom stereocenters. The van der Waals surface area contributed by atoms with Crippen LogP contribution in [-0.2, 0) is 6.61 Å². The minimum atomic E-state index is -0.660. The van der Waals surface area contributed by atoms with Gasteiger partial charge in [0.1, 0.15) is 35.7 Å². The molecule has 1 heterocycles. The topological polar surface area (TPSA) is 125 Å². The van der Waals surface area contributed by atoms with Crippen molar-refractivity contribution < 1.29 is 9.47 Å². The van der Waals surface area contributed by atoms with Crippen LogP contribution in [-0.4, -0.2) is 12.1 Å². The lowest BCUT2D eigenvalue weighted by Crippen LogP contribution is -2.16. The highest BCUT2D eigenvalue weighted by molar-refractivity contribution is 9.10. The summed E-state index contributed by atoms with van der Waals surface area (Å²) in [4.78, 5) is 14.4. The highest BCUT2D eigenvalue weighted by Gasteiger charge is 2.19. The predicted octanol–water partition coefficient (Wildman–Crippen LogP) is 3.72. The van der Waals surface area contributed by atoms with E-state index in [4.69, 9.17) is 15.2 Å². The highest BCUT2D eigenvalue weighted by Crippen LogP contribution is 2.36. The van der Waals surface area contributed by atoms with Gasteiger partial charge in [0.25, 0.3) is 5.56 Å². The average Bonchev–Trinajstić information content (AvgIpc) is 2.72. The van der Waals surface area contributed by atoms with E-state index in [1.807, 2.05) is 36.4 Å². The molecule has 8 heteroatoms. The maximum atomic E-state index is 12.1. The van der Waals surface area contributed by atoms with Gasteiger partial charge >= 0.3 is 0 Å². The van der Waals surface area contributed by atoms with Crippen LogP contribution in [0.5, 0.6) is 11.5 Å². The molecule has 0 fully saturated rings. The lowest BCUT2D eigenvalue weighted by atomic mass is 9.96. The third-order valence-corrected chi connectivity index (χ3v) is 5.04. The van der Waals surface area contributed by atoms with Crippen molar-refractivity contribution in [3.8, 4) is 34.8 Å². The molecule has 1 aromatic heterocycles. The Kier molecular flexibility index (Phi) is 5.87. The van der Waals surface area contributed by atoms with Crippen LogP contribution in [0.3, 0.4) is 0 Å². The number of nitrogens with zero attached hydrogens (tertiary/aromatic N) is 2. The Balaban J connectivity index is 2.05. The number of halogens is 1. The third kappa shape index (κ3) is 3.93. The van der Waals surface area contributed by atoms with Crippen molar-refractivity contribution in [1.29, 1.82) is 10.5 Å². The van der Waals surface area contributed by atoms with Gasteiger partial charge < -0.3 is 20.2 Å². The van der Waals surface area contributed by atoms with Gasteiger partial charge in [0.2, 0.25) is 0 Å². The molecule has 2 aromatic carbocycles. The zero-order valence-corrected chi connectivity index (χ0v) is 16.9. The molecule has 0 amide bonds. The lowest BCUT2D eigenvalue weighted by Gasteiger charge is -2.14. The zero-order chi connectivity index (χ0) is 21.0. The van der Waals surface area contributed by atoms with Gasteiger partial charge in [0, 0.05) is 15.6 Å². The summed E-state index contributed by atoms with van der Waals surface area (Å²) in [6, 6.07) is 16.4. The number of rotatable bonds is 5. The van der Waals surface area contributed by atoms with Gasteiger partial charge in [-0.1, -0.05) is 40.2 Å². The fourth-order valence-electron chi connectivity index (χ4n) is 2.85. The Labute approximate surface area is 175 Å². The molecule has 29 heavy (non-hydrogen) atoms. The van der Waals surface area contributed by atoms with Crippen molar-refractivity contribution in [3.05, 3.63) is 74.0 Å². The second kappa shape index (κ2) is 8.51. The number of nitriles is 2. The van der Waals surface area contributed by atoms with Gasteiger partial charge in [0.15, 0.2) is 11.5 Å². The number of aromatic nitrogens is 1. The molecule has 0 bridgehead atoms. The molecule has 0 radical (unpaired) electrons. The summed E-state index contributed by atoms with van der Waals surface area (Å²) in [6.07, 6.45) is 0. The summed E-state index contributed by atoms with van der Waals surface area (Å²) in [5.74, 6) is 0.766. The van der Waals surface area contributed by atoms with E-state index in [1.54, 1.807) is 18.2 Å². The van der Waals surface area contributed by atoms with Crippen molar-refractivity contribution in [3.63, 3.8) is 0 Å². The number of hydrogen-bond donors (Lipinski definition) is 2. The largest absolute Gasteiger partial charge is 0.493 e. The first kappa shape index (κ1) is 20.0. The Morgan fingerprint density at radius 1 is 1.10 bits per heavy atom. The number of aromatic amines is 1. The summed E-state index contributed by atoms with van der Waals surface area (Å²) >= 11 is 3.48. The molecular weight excluding hydrogens is 436 g/mol. The summed E-state index contributed by atoms with van der Waals surface area (Å²) < 4.78 is 12.2. The molecule has 0 aliphatic heterocycles. The maximum Gasteiger partial charge on any atom is 0.268 e. The number of anilines is 1. The number of hydrogen-bond acceptors (Lipinski definition) is 6. The molecule has 0 saturated carbocycles. The molecule has 7 nitrogen and oxygen atoms in total. The molecule has 0 saturated heterocycles. The van der Waals surface area contributed by atoms with E-state index >= 15 is 0 Å². The van der Waals surface area contributed by atoms with Gasteiger partial charge in [-0.25, -0.2) is 0 Å². The van der Waals surface area contributed by atoms with Gasteiger partial charge in [0.05, 0.1) is 7.11 Å². The Morgan fingerprint density at radius 3 is 2.48 bits per heavy atom. The molecule has 0 spiro atoms. The summed E-state index contributed by atoms with van der Waals surface area (Å²) in [7, 11) is 1.48. The van der Waals surface area contributed by atoms with Crippen LogP contribution >= 0.6 is 15.9 Å². The van der Waals surface area contributed by atoms with Gasteiger partial charge in [-0.3, -0.25) is 4.79 Å². The Morgan fingerprint density at radius 2 is 1.83 bits per heavy atom. The van der Waals surface area contributed by atoms with Crippen molar-refractivity contribution in [2.75, 3.05) is 12.8 Å². The van der Waals surface area contributed by atoms with Crippen molar-refractivity contribution in [2.24, 2.45) is 0 Å². The smallest absolute Gasteiger partial charge is 0.268 e. The predicted molar refractivity (Wildman–Crippen MR) is 111 cm³/mol. The first-order valence-corrected chi connectivity index (χ1v) is 9.20. The highest BCUT2D eigenvalue weighted by atomic mass is 79.9. The van der Waals surface area contributed by atoms with Crippen LogP contribution in [0.4, 0.5) is 5.82 Å². The van der Waals surface area contributed by atoms with E-state index in [1.165, 1.54) is 7.11 Å². The Hall–Kier alpha value is -3.75. The molecule has 0 aliphatic carbocycles. The van der Waals surface area contributed by atoms with E-state index < -0.39 is 5.56 Å². The number of benzene rings is 2. The minimum absolute atomic E-state index is 0.0186. The molecule has 144 valence electrons. The summed E-state index contributed by atoms with van der Waals surface area (Å²) in [5, 5.41) is 18.9. The van der Waals surface area contributed by atoms with Crippen molar-refractivity contribution in [2.45, 2.75) is 6.61 Å². The quantitative estimate of drug-likeness (QED) is 0.609. The standard InChI is InChI=1S/C21H15BrN4O3/c1-28-18-8-12(19-14(9-23)20(25)26-21(27)15(19)10-24)6-7-17(18)29-11-13-4-2-3-5-16(13)22/h2-8H,11H2,1H3,(H3,25,26,27). The summed E-state index contributed by atoms with van der Waals surface area (Å²) in [5.41, 5.74) is 6.50. The molecule has 0 aliphatic rings. The molecular formula is C21H15BrN4O3. The Bertz CT molecular complexity index is 1220. The molecule has 3 aromatic rings. The van der Waals surface area contributed by atoms with Crippen LogP contribution in [0.2, 0.25) is 0 Å². The first-order chi connectivity index (χ1) is 14.0. The summed E-state index contributed by atoms with van der Waals surface area (Å²) in [6.45, 7) is 0.308. The van der Waals surface area contributed by atoms with Crippen LogP contribution in [0.25, 0.3) is 11.1 Å². The van der Waals surface area contributed by atoms with E-state index in [0.717, 1.165) is 10.0 Å². The van der Waals surface area contributed by atoms with E-state index in [0.29, 0.717) is 23.7 Å². The number of nitrogen functional groups attached to an aromatic ring is 1. The lowest BCUT2D eigenvalue weighted by molar-refractivity contribution is 0.284. The van der Waals surface area contributed by atoms with Crippen LogP contribution in [0.1, 0.15) is 16.7 Å². The van der Waals surface area contributed by atoms with Crippen molar-refractivity contribution in [1.82, 2.24) is 4.98 Å². The second-order valence-corrected chi connectivity index (χ2v) is 6.82. The fourth-order valence-corrected chi connectivity index (χ4v) is 3.24. The zero-order valence-electron chi connectivity index (χ0n) is 15.3. The van der Waals surface area contributed by atoms with Crippen LogP contribution < -0.4 is 20.8 Å². The van der Waals surface area contributed by atoms with E-state index in [-0.39, 0.29) is 22.5 Å². The minimum Gasteiger partial charge on any atom is -0.493 e. The fraction of sp³-hybridized carbons (Fsp3) is 0.0952. The SMILES string of the molecule is COc1cc(-c2c(C#N)c(N)[nH]c(=O)c2C#N)ccc1OCc1ccccc1Br. The number of methoxy groups -OCH3 is 1. The van der Waals surface area contributed by atoms with Gasteiger partial charge in [-0.05, 0) is 23.8 Å². The van der Waals surface area contributed by atoms with Gasteiger partial charge in [-0.15, -0.1) is 0 Å². The number of pyridine rings is 1. The third-order valence-electron chi connectivity index (χ3n) is 4.26. The van der Waals surface area contributed by atoms with Crippen LogP contribution in [0, 0.1) is 22.7 Å². The maximum absolute atomic E-state index is 12.1. The second-order valence-electron chi connectivity index (χ2n) is 5.96. The monoisotopic (exact) mass is 450 g/mol. The van der Waals surface area contributed by atoms with Crippen LogP contribution in [0.15, 0.2) is 51.7 Å². The number of H-pyrrole nitrogens is 1. The molecule has 3 rings (SSSR count). The molecule has 3 N–H and O–H groups in total. The van der Waals surface area contributed by atoms with E-state index in [9.17, 15) is 15.3 Å². The van der Waals surface area contributed by atoms with E-state index in [2.05, 4.69) is 20.9 Å². The number of ether oxygens (including phenoxy) is 2. The normalized spacial score (nSPS) is 10.1. The number of nitrogens with one attached hydrogen (secondary N) is 1.